The molecule has 4 heterocycles. The number of pyridine rings is 1. The van der Waals surface area contributed by atoms with E-state index in [0.717, 1.165) is 18.1 Å². The first-order valence-electron chi connectivity index (χ1n) is 23.0. The number of aromatic nitrogens is 3. The van der Waals surface area contributed by atoms with E-state index in [4.69, 9.17) is 23.9 Å². The molecule has 1 saturated heterocycles. The minimum Gasteiger partial charge on any atom is -0.457 e. The molecular weight excluding hydrogens is 925 g/mol. The quantitative estimate of drug-likeness (QED) is 0.0344. The van der Waals surface area contributed by atoms with Crippen molar-refractivity contribution in [2.45, 2.75) is 157 Å². The predicted octanol–water partition coefficient (Wildman–Crippen LogP) is 6.78. The highest BCUT2D eigenvalue weighted by Gasteiger charge is 2.33. The number of carbonyl (C=O) groups is 6. The van der Waals surface area contributed by atoms with Crippen molar-refractivity contribution in [1.82, 2.24) is 35.2 Å². The van der Waals surface area contributed by atoms with Crippen LogP contribution in [0.3, 0.4) is 0 Å². The van der Waals surface area contributed by atoms with Crippen molar-refractivity contribution >= 4 is 76.4 Å². The predicted molar refractivity (Wildman–Crippen MR) is 267 cm³/mol. The number of anilines is 2. The van der Waals surface area contributed by atoms with E-state index in [2.05, 4.69) is 31.2 Å². The van der Waals surface area contributed by atoms with Gasteiger partial charge in [0.25, 0.3) is 11.5 Å². The number of hydrogen-bond acceptors (Lipinski definition) is 15. The first-order valence-corrected chi connectivity index (χ1v) is 23.8. The number of ether oxygens (including phenoxy) is 4. The molecule has 22 heteroatoms. The van der Waals surface area contributed by atoms with Gasteiger partial charge in [-0.05, 0) is 114 Å². The molecule has 1 aliphatic rings. The average molecular weight is 995 g/mol. The van der Waals surface area contributed by atoms with Crippen molar-refractivity contribution in [3.8, 4) is 0 Å². The first kappa shape index (κ1) is 56.0. The van der Waals surface area contributed by atoms with Crippen molar-refractivity contribution in [1.29, 1.82) is 0 Å². The van der Waals surface area contributed by atoms with Gasteiger partial charge in [0.1, 0.15) is 46.1 Å². The fourth-order valence-corrected chi connectivity index (χ4v) is 7.45. The number of nitrogens with one attached hydrogen (secondary N) is 4. The van der Waals surface area contributed by atoms with Gasteiger partial charge in [-0.3, -0.25) is 24.1 Å². The molecular formula is C48H70N10O11S. The lowest BCUT2D eigenvalue weighted by molar-refractivity contribution is -0.148. The Labute approximate surface area is 413 Å². The SMILES string of the molecule is CC(C)(C)OC(=O)C=Cc1c(N2CCN(C(=O)C(CCC(NC=NC(=O)OC(C)(C)C)NC(=O)OC(C)(C)C)NC(=O)OC(C)(C)C)CC2)nc2cc(C(=O)Nc3nc(C(C)(C)C)cs3)ccn2c1=O. The monoisotopic (exact) mass is 994 g/mol. The fraction of sp³-hybridized carbons (Fsp3) is 0.583. The van der Waals surface area contributed by atoms with Crippen LogP contribution >= 0.6 is 11.3 Å². The van der Waals surface area contributed by atoms with Gasteiger partial charge < -0.3 is 44.7 Å². The summed E-state index contributed by atoms with van der Waals surface area (Å²) in [5.41, 5.74) is -2.83. The zero-order valence-electron chi connectivity index (χ0n) is 43.0. The molecule has 70 heavy (non-hydrogen) atoms. The minimum atomic E-state index is -1.17. The Kier molecular flexibility index (Phi) is 18.0. The third kappa shape index (κ3) is 18.1. The van der Waals surface area contributed by atoms with E-state index in [0.29, 0.717) is 5.13 Å². The average Bonchev–Trinajstić information content (AvgIpc) is 3.68. The van der Waals surface area contributed by atoms with Crippen LogP contribution in [-0.4, -0.2) is 122 Å². The largest absolute Gasteiger partial charge is 0.457 e. The van der Waals surface area contributed by atoms with Gasteiger partial charge in [-0.2, -0.15) is 4.99 Å². The van der Waals surface area contributed by atoms with Gasteiger partial charge in [0.05, 0.1) is 17.6 Å². The van der Waals surface area contributed by atoms with Crippen molar-refractivity contribution in [3.05, 3.63) is 57.0 Å². The van der Waals surface area contributed by atoms with Gasteiger partial charge in [0, 0.05) is 54.8 Å². The van der Waals surface area contributed by atoms with Gasteiger partial charge >= 0.3 is 24.2 Å². The third-order valence-electron chi connectivity index (χ3n) is 9.55. The molecule has 3 aromatic heterocycles. The Bertz CT molecular complexity index is 2510. The Morgan fingerprint density at radius 1 is 0.771 bits per heavy atom. The summed E-state index contributed by atoms with van der Waals surface area (Å²) in [6.07, 6.45) is 1.51. The van der Waals surface area contributed by atoms with Crippen LogP contribution in [0.5, 0.6) is 0 Å². The second-order valence-electron chi connectivity index (χ2n) is 21.6. The maximum atomic E-state index is 14.4. The van der Waals surface area contributed by atoms with Gasteiger partial charge in [-0.15, -0.1) is 11.3 Å². The van der Waals surface area contributed by atoms with E-state index in [1.165, 1.54) is 40.1 Å². The lowest BCUT2D eigenvalue weighted by Crippen LogP contribution is -2.56. The van der Waals surface area contributed by atoms with Crippen LogP contribution in [0.2, 0.25) is 0 Å². The third-order valence-corrected chi connectivity index (χ3v) is 10.3. The zero-order valence-corrected chi connectivity index (χ0v) is 43.8. The molecule has 2 unspecified atom stereocenters. The summed E-state index contributed by atoms with van der Waals surface area (Å²) in [6.45, 7) is 26.9. The smallest absolute Gasteiger partial charge is 0.435 e. The molecule has 0 saturated carbocycles. The molecule has 0 radical (unpaired) electrons. The van der Waals surface area contributed by atoms with E-state index in [9.17, 15) is 33.6 Å². The molecule has 1 fully saturated rings. The zero-order chi connectivity index (χ0) is 52.6. The summed E-state index contributed by atoms with van der Waals surface area (Å²) in [4.78, 5) is 110. The molecule has 1 aliphatic heterocycles. The Morgan fingerprint density at radius 2 is 1.36 bits per heavy atom. The van der Waals surface area contributed by atoms with Gasteiger partial charge in [0.15, 0.2) is 5.13 Å². The molecule has 384 valence electrons. The normalized spacial score (nSPS) is 14.8. The Hall–Kier alpha value is -6.58. The molecule has 0 aliphatic carbocycles. The van der Waals surface area contributed by atoms with Crippen LogP contribution in [0.1, 0.15) is 138 Å². The molecule has 5 amide bonds. The number of alkyl carbamates (subject to hydrolysis) is 2. The number of thiazole rings is 1. The summed E-state index contributed by atoms with van der Waals surface area (Å²) in [5, 5.41) is 13.3. The maximum absolute atomic E-state index is 14.4. The topological polar surface area (TPSA) is 254 Å². The second-order valence-corrected chi connectivity index (χ2v) is 22.5. The highest BCUT2D eigenvalue weighted by molar-refractivity contribution is 7.14. The maximum Gasteiger partial charge on any atom is 0.435 e. The number of hydrogen-bond donors (Lipinski definition) is 4. The lowest BCUT2D eigenvalue weighted by atomic mass is 9.93. The van der Waals surface area contributed by atoms with Crippen LogP contribution in [0.4, 0.5) is 25.3 Å². The molecule has 4 N–H and O–H groups in total. The van der Waals surface area contributed by atoms with Crippen LogP contribution in [0.25, 0.3) is 11.7 Å². The molecule has 2 atom stereocenters. The van der Waals surface area contributed by atoms with E-state index in [-0.39, 0.29) is 67.0 Å². The number of piperazine rings is 1. The number of esters is 1. The number of nitrogens with zero attached hydrogens (tertiary/aromatic N) is 6. The summed E-state index contributed by atoms with van der Waals surface area (Å²) < 4.78 is 22.9. The number of rotatable bonds is 13. The fourth-order valence-electron chi connectivity index (χ4n) is 6.51. The lowest BCUT2D eigenvalue weighted by Gasteiger charge is -2.37. The highest BCUT2D eigenvalue weighted by atomic mass is 32.1. The summed E-state index contributed by atoms with van der Waals surface area (Å²) in [5.74, 6) is -1.41. The van der Waals surface area contributed by atoms with Crippen molar-refractivity contribution < 1.29 is 47.7 Å². The summed E-state index contributed by atoms with van der Waals surface area (Å²) in [6, 6.07) is 1.80. The van der Waals surface area contributed by atoms with Gasteiger partial charge in [-0.1, -0.05) is 20.8 Å². The highest BCUT2D eigenvalue weighted by Crippen LogP contribution is 2.27. The number of amides is 5. The molecule has 4 rings (SSSR count). The second kappa shape index (κ2) is 22.4. The number of fused-ring (bicyclic) bond motifs is 1. The van der Waals surface area contributed by atoms with Gasteiger partial charge in [0.2, 0.25) is 5.91 Å². The van der Waals surface area contributed by atoms with E-state index < -0.39 is 76.2 Å². The van der Waals surface area contributed by atoms with E-state index in [1.807, 2.05) is 26.2 Å². The number of aliphatic imine (C=N–C) groups is 1. The molecule has 3 aromatic rings. The van der Waals surface area contributed by atoms with Crippen molar-refractivity contribution in [2.24, 2.45) is 4.99 Å². The Morgan fingerprint density at radius 3 is 1.91 bits per heavy atom. The van der Waals surface area contributed by atoms with E-state index >= 15 is 0 Å². The Balaban J connectivity index is 1.64. The summed E-state index contributed by atoms with van der Waals surface area (Å²) in [7, 11) is 0. The van der Waals surface area contributed by atoms with Crippen LogP contribution in [0.15, 0.2) is 39.6 Å². The molecule has 0 aromatic carbocycles. The van der Waals surface area contributed by atoms with Crippen LogP contribution in [0, 0.1) is 0 Å². The molecule has 0 bridgehead atoms. The van der Waals surface area contributed by atoms with Crippen molar-refractivity contribution in [3.63, 3.8) is 0 Å². The van der Waals surface area contributed by atoms with Gasteiger partial charge in [-0.25, -0.2) is 29.1 Å². The minimum absolute atomic E-state index is 0.0197. The number of carbonyl (C=O) groups excluding carboxylic acids is 6. The van der Waals surface area contributed by atoms with E-state index in [1.54, 1.807) is 92.9 Å². The molecule has 21 nitrogen and oxygen atoms in total. The standard InChI is InChI=1S/C48H70N10O11S/c1-44(2,3)32-27-70-40(52-32)55-37(60)29-20-21-58-34(26-29)54-36(30(38(58)61)16-19-35(59)66-45(4,5)6)56-22-24-57(25-23-56)39(62)31(51-42(64)68-47(10,11)12)17-18-33(53-43(65)69-48(13,14)15)49-28-50-41(63)67-46(7,8)9/h16,19-21,26-28,31,33H,17-18,22-25H2,1-15H3,(H,51,64)(H,53,65)(H,49,50,63)(H,52,55,60). The molecule has 0 spiro atoms. The summed E-state index contributed by atoms with van der Waals surface area (Å²) >= 11 is 1.30. The van der Waals surface area contributed by atoms with Crippen LogP contribution in [-0.2, 0) is 34.0 Å². The van der Waals surface area contributed by atoms with Crippen molar-refractivity contribution in [2.75, 3.05) is 36.4 Å². The first-order chi connectivity index (χ1) is 32.2. The van der Waals surface area contributed by atoms with Crippen LogP contribution < -0.4 is 31.7 Å².